The molecule has 3 aromatic rings. The number of carbonyl (C=O) groups is 1. The first-order valence-electron chi connectivity index (χ1n) is 11.5. The van der Waals surface area contributed by atoms with Crippen molar-refractivity contribution < 1.29 is 48.6 Å². The Morgan fingerprint density at radius 1 is 1.12 bits per heavy atom. The second-order valence-electron chi connectivity index (χ2n) is 9.29. The molecular formula is C27H26FN2NaO3. The Morgan fingerprint density at radius 2 is 1.91 bits per heavy atom. The van der Waals surface area contributed by atoms with Crippen LogP contribution in [0.25, 0.3) is 11.3 Å². The number of aromatic nitrogens is 2. The van der Waals surface area contributed by atoms with Crippen LogP contribution in [0.3, 0.4) is 0 Å². The third kappa shape index (κ3) is 5.04. The van der Waals surface area contributed by atoms with Crippen molar-refractivity contribution in [3.05, 3.63) is 77.0 Å². The molecular weight excluding hydrogens is 442 g/mol. The quantitative estimate of drug-likeness (QED) is 0.513. The van der Waals surface area contributed by atoms with Gasteiger partial charge in [0.15, 0.2) is 0 Å². The summed E-state index contributed by atoms with van der Waals surface area (Å²) in [5.74, 6) is -0.785. The van der Waals surface area contributed by atoms with Crippen LogP contribution < -0.4 is 39.4 Å². The molecule has 0 amide bonds. The second kappa shape index (κ2) is 10.1. The van der Waals surface area contributed by atoms with E-state index >= 15 is 0 Å². The molecule has 5 nitrogen and oxygen atoms in total. The fourth-order valence-corrected chi connectivity index (χ4v) is 4.85. The summed E-state index contributed by atoms with van der Waals surface area (Å²) >= 11 is 0. The molecule has 1 fully saturated rings. The van der Waals surface area contributed by atoms with E-state index in [2.05, 4.69) is 9.97 Å². The standard InChI is InChI=1S/C27H27FN2O3.Na/c1-15-3-9-21(28)20(11-15)22-13-30-23(14-29-22)24-10-8-17-4-7-19(12-25(17)33-24)26(18-5-6-18)16(2)27(31)32;/h3-4,7,9,11-14,16,18,24,26H,5-6,8,10H2,1-2H3,(H,31,32);/q;+1/p-1/t16-,24?,26-;/m0./s1. The summed E-state index contributed by atoms with van der Waals surface area (Å²) in [6.07, 6.45) is 6.68. The molecule has 2 aliphatic rings. The van der Waals surface area contributed by atoms with Crippen molar-refractivity contribution in [2.24, 2.45) is 11.8 Å². The van der Waals surface area contributed by atoms with Gasteiger partial charge in [-0.15, -0.1) is 0 Å². The topological polar surface area (TPSA) is 75.1 Å². The fraction of sp³-hybridized carbons (Fsp3) is 0.370. The minimum atomic E-state index is -1.01. The van der Waals surface area contributed by atoms with Crippen LogP contribution in [0.5, 0.6) is 5.75 Å². The molecule has 3 atom stereocenters. The van der Waals surface area contributed by atoms with Crippen LogP contribution in [0.2, 0.25) is 0 Å². The Kier molecular flexibility index (Phi) is 7.41. The number of carboxylic acids is 1. The number of hydrogen-bond acceptors (Lipinski definition) is 5. The van der Waals surface area contributed by atoms with E-state index in [0.717, 1.165) is 48.1 Å². The van der Waals surface area contributed by atoms with Crippen molar-refractivity contribution in [2.45, 2.75) is 51.6 Å². The Hall–Kier alpha value is -2.28. The van der Waals surface area contributed by atoms with Crippen LogP contribution in [0.4, 0.5) is 4.39 Å². The normalized spacial score (nSPS) is 18.7. The van der Waals surface area contributed by atoms with E-state index in [9.17, 15) is 14.3 Å². The monoisotopic (exact) mass is 468 g/mol. The summed E-state index contributed by atoms with van der Waals surface area (Å²) in [4.78, 5) is 20.5. The Morgan fingerprint density at radius 3 is 2.59 bits per heavy atom. The van der Waals surface area contributed by atoms with E-state index in [-0.39, 0.29) is 47.4 Å². The van der Waals surface area contributed by atoms with Crippen molar-refractivity contribution >= 4 is 5.97 Å². The van der Waals surface area contributed by atoms with Gasteiger partial charge in [-0.2, -0.15) is 0 Å². The summed E-state index contributed by atoms with van der Waals surface area (Å²) < 4.78 is 20.5. The van der Waals surface area contributed by atoms with Gasteiger partial charge < -0.3 is 14.6 Å². The van der Waals surface area contributed by atoms with Gasteiger partial charge in [0.25, 0.3) is 0 Å². The maximum atomic E-state index is 14.2. The first kappa shape index (κ1) is 24.8. The predicted molar refractivity (Wildman–Crippen MR) is 120 cm³/mol. The number of benzene rings is 2. The van der Waals surface area contributed by atoms with Crippen LogP contribution in [-0.4, -0.2) is 15.9 Å². The van der Waals surface area contributed by atoms with Gasteiger partial charge in [-0.1, -0.05) is 30.7 Å². The molecule has 7 heteroatoms. The number of carbonyl (C=O) groups excluding carboxylic acids is 1. The number of fused-ring (bicyclic) bond motifs is 1. The number of hydrogen-bond donors (Lipinski definition) is 0. The number of halogens is 1. The minimum absolute atomic E-state index is 0. The molecule has 0 saturated heterocycles. The predicted octanol–water partition coefficient (Wildman–Crippen LogP) is 1.54. The summed E-state index contributed by atoms with van der Waals surface area (Å²) in [5.41, 5.74) is 4.67. The Balaban J connectivity index is 0.00000274. The van der Waals surface area contributed by atoms with E-state index in [0.29, 0.717) is 22.9 Å². The number of nitrogens with zero attached hydrogens (tertiary/aromatic N) is 2. The minimum Gasteiger partial charge on any atom is -0.550 e. The van der Waals surface area contributed by atoms with Crippen LogP contribution in [-0.2, 0) is 11.2 Å². The molecule has 0 bridgehead atoms. The molecule has 2 heterocycles. The third-order valence-electron chi connectivity index (χ3n) is 6.86. The maximum absolute atomic E-state index is 14.2. The van der Waals surface area contributed by atoms with Crippen molar-refractivity contribution in [1.29, 1.82) is 0 Å². The largest absolute Gasteiger partial charge is 1.00 e. The van der Waals surface area contributed by atoms with E-state index in [1.54, 1.807) is 31.5 Å². The first-order chi connectivity index (χ1) is 15.9. The Bertz CT molecular complexity index is 1200. The first-order valence-corrected chi connectivity index (χ1v) is 11.5. The molecule has 1 aliphatic carbocycles. The summed E-state index contributed by atoms with van der Waals surface area (Å²) in [6, 6.07) is 11.0. The van der Waals surface area contributed by atoms with Crippen molar-refractivity contribution in [2.75, 3.05) is 0 Å². The molecule has 1 aromatic heterocycles. The molecule has 0 radical (unpaired) electrons. The number of carboxylic acid groups (broad SMARTS) is 1. The number of ether oxygens (including phenoxy) is 1. The van der Waals surface area contributed by atoms with Gasteiger partial charge in [-0.25, -0.2) is 4.39 Å². The van der Waals surface area contributed by atoms with Gasteiger partial charge in [0.2, 0.25) is 0 Å². The summed E-state index contributed by atoms with van der Waals surface area (Å²) in [7, 11) is 0. The smallest absolute Gasteiger partial charge is 0.550 e. The fourth-order valence-electron chi connectivity index (χ4n) is 4.85. The molecule has 5 rings (SSSR count). The zero-order valence-electron chi connectivity index (χ0n) is 19.8. The van der Waals surface area contributed by atoms with Crippen LogP contribution in [0, 0.1) is 24.6 Å². The molecule has 1 saturated carbocycles. The van der Waals surface area contributed by atoms with Gasteiger partial charge in [0, 0.05) is 17.5 Å². The summed E-state index contributed by atoms with van der Waals surface area (Å²) in [5, 5.41) is 11.6. The van der Waals surface area contributed by atoms with E-state index < -0.39 is 11.9 Å². The zero-order valence-corrected chi connectivity index (χ0v) is 21.8. The molecule has 34 heavy (non-hydrogen) atoms. The van der Waals surface area contributed by atoms with Gasteiger partial charge in [-0.3, -0.25) is 9.97 Å². The molecule has 2 aromatic carbocycles. The van der Waals surface area contributed by atoms with E-state index in [4.69, 9.17) is 4.74 Å². The van der Waals surface area contributed by atoms with Crippen LogP contribution >= 0.6 is 0 Å². The average molecular weight is 469 g/mol. The number of aliphatic carboxylic acids is 1. The molecule has 0 spiro atoms. The molecule has 170 valence electrons. The SMILES string of the molecule is Cc1ccc(F)c(-c2cnc(C3CCc4ccc([C@H](C5CC5)[C@H](C)C(=O)[O-])cc4O3)cn2)c1.[Na+]. The van der Waals surface area contributed by atoms with Gasteiger partial charge >= 0.3 is 29.6 Å². The maximum Gasteiger partial charge on any atom is 1.00 e. The molecule has 1 unspecified atom stereocenters. The van der Waals surface area contributed by atoms with Crippen molar-refractivity contribution in [1.82, 2.24) is 9.97 Å². The van der Waals surface area contributed by atoms with Crippen LogP contribution in [0.1, 0.15) is 60.6 Å². The van der Waals surface area contributed by atoms with Gasteiger partial charge in [0.1, 0.15) is 17.7 Å². The van der Waals surface area contributed by atoms with Crippen molar-refractivity contribution in [3.63, 3.8) is 0 Å². The third-order valence-corrected chi connectivity index (χ3v) is 6.86. The second-order valence-corrected chi connectivity index (χ2v) is 9.29. The average Bonchev–Trinajstić information content (AvgIpc) is 3.65. The molecule has 0 N–H and O–H groups in total. The Labute approximate surface area is 221 Å². The number of rotatable bonds is 6. The van der Waals surface area contributed by atoms with E-state index in [1.165, 1.54) is 6.07 Å². The van der Waals surface area contributed by atoms with Gasteiger partial charge in [0.05, 0.1) is 23.8 Å². The zero-order chi connectivity index (χ0) is 23.1. The van der Waals surface area contributed by atoms with Gasteiger partial charge in [-0.05, 0) is 73.8 Å². The number of aryl methyl sites for hydroxylation is 2. The summed E-state index contributed by atoms with van der Waals surface area (Å²) in [6.45, 7) is 3.64. The van der Waals surface area contributed by atoms with E-state index in [1.807, 2.05) is 25.1 Å². The van der Waals surface area contributed by atoms with Crippen LogP contribution in [0.15, 0.2) is 48.8 Å². The molecule has 1 aliphatic heterocycles. The van der Waals surface area contributed by atoms with Crippen molar-refractivity contribution in [3.8, 4) is 17.0 Å².